The van der Waals surface area contributed by atoms with Crippen molar-refractivity contribution in [2.75, 3.05) is 25.2 Å². The molecule has 2 aliphatic rings. The topological polar surface area (TPSA) is 83.7 Å². The van der Waals surface area contributed by atoms with E-state index in [0.29, 0.717) is 13.1 Å². The average Bonchev–Trinajstić information content (AvgIpc) is 3.09. The number of hydrogen-bond acceptors (Lipinski definition) is 5. The minimum absolute atomic E-state index is 0.123. The molecule has 1 amide bonds. The third-order valence-corrected chi connectivity index (χ3v) is 4.74. The summed E-state index contributed by atoms with van der Waals surface area (Å²) in [6.45, 7) is 3.25. The Hall–Kier alpha value is -2.96. The molecule has 2 N–H and O–H groups in total. The zero-order chi connectivity index (χ0) is 18.1. The van der Waals surface area contributed by atoms with Crippen molar-refractivity contribution in [2.24, 2.45) is 0 Å². The molecule has 0 bridgehead atoms. The first-order valence-electron chi connectivity index (χ1n) is 8.75. The van der Waals surface area contributed by atoms with E-state index in [1.54, 1.807) is 24.0 Å². The lowest BCUT2D eigenvalue weighted by atomic mass is 10.0. The summed E-state index contributed by atoms with van der Waals surface area (Å²) in [5.41, 5.74) is 1.54. The second-order valence-corrected chi connectivity index (χ2v) is 6.69. The number of aromatic amines is 1. The predicted molar refractivity (Wildman–Crippen MR) is 96.9 cm³/mol. The van der Waals surface area contributed by atoms with Crippen LogP contribution in [0.15, 0.2) is 35.1 Å². The number of amides is 1. The number of aromatic nitrogens is 1. The molecule has 7 nitrogen and oxygen atoms in total. The van der Waals surface area contributed by atoms with Crippen molar-refractivity contribution in [2.45, 2.75) is 25.8 Å². The number of likely N-dealkylation sites (tertiary alicyclic amines) is 1. The summed E-state index contributed by atoms with van der Waals surface area (Å²) < 4.78 is 10.7. The maximum atomic E-state index is 12.7. The van der Waals surface area contributed by atoms with Crippen LogP contribution in [0.1, 0.15) is 28.9 Å². The summed E-state index contributed by atoms with van der Waals surface area (Å²) in [5, 5.41) is 3.46. The first-order chi connectivity index (χ1) is 12.6. The number of H-pyrrole nitrogens is 1. The maximum Gasteiger partial charge on any atom is 0.260 e. The number of carbonyl (C=O) groups is 1. The highest BCUT2D eigenvalue weighted by Crippen LogP contribution is 2.34. The Balaban J connectivity index is 1.45. The molecule has 0 spiro atoms. The van der Waals surface area contributed by atoms with Crippen molar-refractivity contribution < 1.29 is 14.3 Å². The highest BCUT2D eigenvalue weighted by atomic mass is 16.7. The van der Waals surface area contributed by atoms with Crippen LogP contribution in [0.4, 0.5) is 5.69 Å². The number of anilines is 1. The van der Waals surface area contributed by atoms with E-state index in [0.717, 1.165) is 35.7 Å². The summed E-state index contributed by atoms with van der Waals surface area (Å²) in [6, 6.07) is 9.21. The summed E-state index contributed by atoms with van der Waals surface area (Å²) >= 11 is 0. The maximum absolute atomic E-state index is 12.7. The summed E-state index contributed by atoms with van der Waals surface area (Å²) in [6.07, 6.45) is 1.85. The number of aryl methyl sites for hydroxylation is 1. The van der Waals surface area contributed by atoms with Crippen molar-refractivity contribution in [1.82, 2.24) is 9.88 Å². The van der Waals surface area contributed by atoms with Gasteiger partial charge in [-0.1, -0.05) is 0 Å². The zero-order valence-electron chi connectivity index (χ0n) is 14.6. The Kier molecular flexibility index (Phi) is 4.28. The molecule has 0 radical (unpaired) electrons. The van der Waals surface area contributed by atoms with E-state index in [1.165, 1.54) is 0 Å². The largest absolute Gasteiger partial charge is 0.454 e. The molecule has 1 aromatic carbocycles. The van der Waals surface area contributed by atoms with E-state index in [2.05, 4.69) is 10.3 Å². The van der Waals surface area contributed by atoms with E-state index >= 15 is 0 Å². The molecule has 26 heavy (non-hydrogen) atoms. The van der Waals surface area contributed by atoms with Crippen LogP contribution >= 0.6 is 0 Å². The Morgan fingerprint density at radius 1 is 1.23 bits per heavy atom. The first kappa shape index (κ1) is 16.5. The molecular weight excluding hydrogens is 334 g/mol. The van der Waals surface area contributed by atoms with Gasteiger partial charge in [0.1, 0.15) is 5.56 Å². The molecule has 1 fully saturated rings. The minimum atomic E-state index is -0.333. The molecule has 136 valence electrons. The van der Waals surface area contributed by atoms with Crippen LogP contribution < -0.4 is 20.3 Å². The Bertz CT molecular complexity index is 893. The molecule has 2 aromatic rings. The van der Waals surface area contributed by atoms with Gasteiger partial charge in [0, 0.05) is 36.6 Å². The lowest BCUT2D eigenvalue weighted by molar-refractivity contribution is 0.0713. The molecule has 3 heterocycles. The van der Waals surface area contributed by atoms with Gasteiger partial charge < -0.3 is 24.7 Å². The van der Waals surface area contributed by atoms with E-state index in [4.69, 9.17) is 9.47 Å². The summed E-state index contributed by atoms with van der Waals surface area (Å²) in [7, 11) is 0. The molecule has 4 rings (SSSR count). The Labute approximate surface area is 150 Å². The molecule has 7 heteroatoms. The van der Waals surface area contributed by atoms with Crippen LogP contribution in [-0.4, -0.2) is 41.7 Å². The predicted octanol–water partition coefficient (Wildman–Crippen LogP) is 2.13. The summed E-state index contributed by atoms with van der Waals surface area (Å²) in [5.74, 6) is 1.25. The molecule has 0 saturated carbocycles. The van der Waals surface area contributed by atoms with Gasteiger partial charge in [0.25, 0.3) is 11.5 Å². The normalized spacial score (nSPS) is 18.7. The lowest BCUT2D eigenvalue weighted by Gasteiger charge is -2.33. The number of ether oxygens (including phenoxy) is 2. The quantitative estimate of drug-likeness (QED) is 0.881. The SMILES string of the molecule is Cc1ccc(C(=O)N2CCCC(Nc3ccc4c(c3)OCO4)C2)c(=O)[nH]1. The Morgan fingerprint density at radius 3 is 2.92 bits per heavy atom. The second kappa shape index (κ2) is 6.74. The molecule has 1 unspecified atom stereocenters. The van der Waals surface area contributed by atoms with Crippen LogP contribution in [0, 0.1) is 6.92 Å². The van der Waals surface area contributed by atoms with Gasteiger partial charge in [-0.25, -0.2) is 0 Å². The fourth-order valence-electron chi connectivity index (χ4n) is 3.41. The van der Waals surface area contributed by atoms with Crippen LogP contribution in [-0.2, 0) is 0 Å². The van der Waals surface area contributed by atoms with Crippen molar-refractivity contribution in [1.29, 1.82) is 0 Å². The number of hydrogen-bond donors (Lipinski definition) is 2. The smallest absolute Gasteiger partial charge is 0.260 e. The molecule has 1 saturated heterocycles. The highest BCUT2D eigenvalue weighted by molar-refractivity contribution is 5.94. The van der Waals surface area contributed by atoms with Crippen molar-refractivity contribution in [3.05, 3.63) is 51.9 Å². The third-order valence-electron chi connectivity index (χ3n) is 4.74. The van der Waals surface area contributed by atoms with Gasteiger partial charge >= 0.3 is 0 Å². The minimum Gasteiger partial charge on any atom is -0.454 e. The number of nitrogens with one attached hydrogen (secondary N) is 2. The number of nitrogens with zero attached hydrogens (tertiary/aromatic N) is 1. The van der Waals surface area contributed by atoms with Gasteiger partial charge in [-0.2, -0.15) is 0 Å². The van der Waals surface area contributed by atoms with Gasteiger partial charge in [-0.15, -0.1) is 0 Å². The second-order valence-electron chi connectivity index (χ2n) is 6.69. The van der Waals surface area contributed by atoms with Crippen LogP contribution in [0.3, 0.4) is 0 Å². The lowest BCUT2D eigenvalue weighted by Crippen LogP contribution is -2.46. The van der Waals surface area contributed by atoms with Gasteiger partial charge in [0.15, 0.2) is 11.5 Å². The zero-order valence-corrected chi connectivity index (χ0v) is 14.6. The van der Waals surface area contributed by atoms with E-state index in [9.17, 15) is 9.59 Å². The van der Waals surface area contributed by atoms with E-state index in [1.807, 2.05) is 18.2 Å². The fraction of sp³-hybridized carbons (Fsp3) is 0.368. The standard InChI is InChI=1S/C19H21N3O4/c1-12-4-6-15(18(23)20-12)19(24)22-8-2-3-14(10-22)21-13-5-7-16-17(9-13)26-11-25-16/h4-7,9,14,21H,2-3,8,10-11H2,1H3,(H,20,23). The monoisotopic (exact) mass is 355 g/mol. The van der Waals surface area contributed by atoms with Crippen molar-refractivity contribution in [3.63, 3.8) is 0 Å². The number of fused-ring (bicyclic) bond motifs is 1. The van der Waals surface area contributed by atoms with Gasteiger partial charge in [0.2, 0.25) is 6.79 Å². The number of rotatable bonds is 3. The number of benzene rings is 1. The highest BCUT2D eigenvalue weighted by Gasteiger charge is 2.26. The van der Waals surface area contributed by atoms with Crippen molar-refractivity contribution in [3.8, 4) is 11.5 Å². The van der Waals surface area contributed by atoms with Gasteiger partial charge in [-0.3, -0.25) is 9.59 Å². The summed E-state index contributed by atoms with van der Waals surface area (Å²) in [4.78, 5) is 29.2. The average molecular weight is 355 g/mol. The molecular formula is C19H21N3O4. The number of piperidine rings is 1. The van der Waals surface area contributed by atoms with E-state index < -0.39 is 0 Å². The van der Waals surface area contributed by atoms with Crippen LogP contribution in [0.2, 0.25) is 0 Å². The fourth-order valence-corrected chi connectivity index (χ4v) is 3.41. The van der Waals surface area contributed by atoms with Gasteiger partial charge in [-0.05, 0) is 44.0 Å². The van der Waals surface area contributed by atoms with E-state index in [-0.39, 0.29) is 29.9 Å². The van der Waals surface area contributed by atoms with Crippen LogP contribution in [0.5, 0.6) is 11.5 Å². The Morgan fingerprint density at radius 2 is 2.08 bits per heavy atom. The molecule has 0 aliphatic carbocycles. The van der Waals surface area contributed by atoms with Gasteiger partial charge in [0.05, 0.1) is 0 Å². The van der Waals surface area contributed by atoms with Crippen LogP contribution in [0.25, 0.3) is 0 Å². The van der Waals surface area contributed by atoms with Crippen molar-refractivity contribution >= 4 is 11.6 Å². The molecule has 1 aromatic heterocycles. The number of carbonyl (C=O) groups excluding carboxylic acids is 1. The first-order valence-corrected chi connectivity index (χ1v) is 8.75. The molecule has 1 atom stereocenters. The number of pyridine rings is 1. The molecule has 2 aliphatic heterocycles. The third kappa shape index (κ3) is 3.24.